The Kier molecular flexibility index (Phi) is 2.19. The van der Waals surface area contributed by atoms with E-state index >= 15 is 0 Å². The summed E-state index contributed by atoms with van der Waals surface area (Å²) in [6.45, 7) is 0. The molecule has 0 fully saturated rings. The Hall–Kier alpha value is -2.14. The van der Waals surface area contributed by atoms with Crippen LogP contribution < -0.4 is 0 Å². The van der Waals surface area contributed by atoms with E-state index in [1.54, 1.807) is 23.5 Å². The van der Waals surface area contributed by atoms with Gasteiger partial charge in [-0.2, -0.15) is 5.10 Å². The maximum atomic E-state index is 11.2. The van der Waals surface area contributed by atoms with Gasteiger partial charge in [-0.25, -0.2) is 4.79 Å². The zero-order valence-electron chi connectivity index (χ0n) is 8.68. The average molecular weight is 244 g/mol. The molecule has 0 amide bonds. The normalized spacial score (nSPS) is 10.8. The van der Waals surface area contributed by atoms with Gasteiger partial charge in [0, 0.05) is 5.39 Å². The van der Waals surface area contributed by atoms with Crippen molar-refractivity contribution in [2.45, 2.75) is 0 Å². The Balaban J connectivity index is 2.37. The Bertz CT molecular complexity index is 686. The second-order valence-electron chi connectivity index (χ2n) is 3.58. The number of H-pyrrole nitrogens is 1. The number of aromatic amines is 1. The van der Waals surface area contributed by atoms with Gasteiger partial charge in [0.1, 0.15) is 5.69 Å². The molecule has 3 aromatic rings. The van der Waals surface area contributed by atoms with E-state index in [0.29, 0.717) is 11.1 Å². The molecule has 0 aliphatic carbocycles. The number of nitrogens with one attached hydrogen (secondary N) is 1. The van der Waals surface area contributed by atoms with Gasteiger partial charge >= 0.3 is 5.97 Å². The van der Waals surface area contributed by atoms with Crippen molar-refractivity contribution in [3.8, 4) is 10.6 Å². The van der Waals surface area contributed by atoms with Crippen molar-refractivity contribution in [1.29, 1.82) is 0 Å². The number of aromatic nitrogens is 2. The van der Waals surface area contributed by atoms with Crippen LogP contribution in [0.25, 0.3) is 21.5 Å². The average Bonchev–Trinajstić information content (AvgIpc) is 2.96. The van der Waals surface area contributed by atoms with Crippen LogP contribution in [-0.2, 0) is 0 Å². The zero-order valence-corrected chi connectivity index (χ0v) is 9.49. The smallest absolute Gasteiger partial charge is 0.336 e. The molecule has 0 unspecified atom stereocenters. The SMILES string of the molecule is O=C(O)c1cccc2[nH]nc(-c3cccs3)c12. The summed E-state index contributed by atoms with van der Waals surface area (Å²) in [6.07, 6.45) is 0. The number of rotatable bonds is 2. The summed E-state index contributed by atoms with van der Waals surface area (Å²) < 4.78 is 0. The van der Waals surface area contributed by atoms with Crippen LogP contribution in [0.1, 0.15) is 10.4 Å². The first-order chi connectivity index (χ1) is 8.27. The molecule has 4 nitrogen and oxygen atoms in total. The van der Waals surface area contributed by atoms with Crippen LogP contribution >= 0.6 is 11.3 Å². The van der Waals surface area contributed by atoms with Crippen LogP contribution in [-0.4, -0.2) is 21.3 Å². The Morgan fingerprint density at radius 1 is 1.29 bits per heavy atom. The van der Waals surface area contributed by atoms with Gasteiger partial charge in [0.15, 0.2) is 0 Å². The number of nitrogens with zero attached hydrogens (tertiary/aromatic N) is 1. The third-order valence-corrected chi connectivity index (χ3v) is 3.45. The highest BCUT2D eigenvalue weighted by atomic mass is 32.1. The van der Waals surface area contributed by atoms with Gasteiger partial charge < -0.3 is 5.11 Å². The van der Waals surface area contributed by atoms with Crippen LogP contribution in [0.2, 0.25) is 0 Å². The molecule has 2 heterocycles. The van der Waals surface area contributed by atoms with Gasteiger partial charge in [-0.05, 0) is 23.6 Å². The van der Waals surface area contributed by atoms with E-state index in [9.17, 15) is 9.90 Å². The van der Waals surface area contributed by atoms with E-state index in [0.717, 1.165) is 10.4 Å². The third-order valence-electron chi connectivity index (χ3n) is 2.57. The fourth-order valence-corrected chi connectivity index (χ4v) is 2.56. The summed E-state index contributed by atoms with van der Waals surface area (Å²) in [5, 5.41) is 18.9. The number of thiophene rings is 1. The highest BCUT2D eigenvalue weighted by Crippen LogP contribution is 2.31. The molecule has 0 aliphatic heterocycles. The van der Waals surface area contributed by atoms with Crippen LogP contribution in [0, 0.1) is 0 Å². The predicted molar refractivity (Wildman–Crippen MR) is 66.4 cm³/mol. The van der Waals surface area contributed by atoms with Crippen molar-refractivity contribution in [2.75, 3.05) is 0 Å². The van der Waals surface area contributed by atoms with Gasteiger partial charge in [-0.1, -0.05) is 12.1 Å². The van der Waals surface area contributed by atoms with E-state index in [-0.39, 0.29) is 5.56 Å². The molecule has 0 atom stereocenters. The summed E-state index contributed by atoms with van der Waals surface area (Å²) >= 11 is 1.54. The van der Waals surface area contributed by atoms with E-state index in [1.807, 2.05) is 23.6 Å². The van der Waals surface area contributed by atoms with Gasteiger partial charge in [0.05, 0.1) is 16.0 Å². The number of hydrogen-bond donors (Lipinski definition) is 2. The van der Waals surface area contributed by atoms with Crippen molar-refractivity contribution in [2.24, 2.45) is 0 Å². The molecular formula is C12H8N2O2S. The molecule has 0 aliphatic rings. The van der Waals surface area contributed by atoms with Crippen LogP contribution in [0.15, 0.2) is 35.7 Å². The van der Waals surface area contributed by atoms with Crippen molar-refractivity contribution >= 4 is 28.2 Å². The zero-order chi connectivity index (χ0) is 11.8. The summed E-state index contributed by atoms with van der Waals surface area (Å²) in [4.78, 5) is 12.2. The van der Waals surface area contributed by atoms with Crippen LogP contribution in [0.5, 0.6) is 0 Å². The minimum absolute atomic E-state index is 0.277. The Labute approximate surface area is 101 Å². The van der Waals surface area contributed by atoms with Gasteiger partial charge in [0.25, 0.3) is 0 Å². The first kappa shape index (κ1) is 10.0. The molecule has 0 bridgehead atoms. The highest BCUT2D eigenvalue weighted by molar-refractivity contribution is 7.13. The van der Waals surface area contributed by atoms with E-state index in [2.05, 4.69) is 10.2 Å². The summed E-state index contributed by atoms with van der Waals surface area (Å²) in [5.41, 5.74) is 1.72. The molecular weight excluding hydrogens is 236 g/mol. The number of fused-ring (bicyclic) bond motifs is 1. The topological polar surface area (TPSA) is 66.0 Å². The van der Waals surface area contributed by atoms with Crippen molar-refractivity contribution in [1.82, 2.24) is 10.2 Å². The number of hydrogen-bond acceptors (Lipinski definition) is 3. The second kappa shape index (κ2) is 3.71. The number of benzene rings is 1. The van der Waals surface area contributed by atoms with E-state index in [4.69, 9.17) is 0 Å². The van der Waals surface area contributed by atoms with Gasteiger partial charge in [-0.15, -0.1) is 11.3 Å². The number of carbonyl (C=O) groups is 1. The van der Waals surface area contributed by atoms with E-state index in [1.165, 1.54) is 0 Å². The quantitative estimate of drug-likeness (QED) is 0.728. The molecule has 2 N–H and O–H groups in total. The van der Waals surface area contributed by atoms with Crippen LogP contribution in [0.3, 0.4) is 0 Å². The van der Waals surface area contributed by atoms with Crippen molar-refractivity contribution < 1.29 is 9.90 Å². The summed E-state index contributed by atoms with van der Waals surface area (Å²) in [7, 11) is 0. The molecule has 0 saturated heterocycles. The lowest BCUT2D eigenvalue weighted by molar-refractivity contribution is 0.0699. The first-order valence-corrected chi connectivity index (χ1v) is 5.89. The number of aromatic carboxylic acids is 1. The minimum atomic E-state index is -0.935. The lowest BCUT2D eigenvalue weighted by atomic mass is 10.1. The molecule has 0 radical (unpaired) electrons. The van der Waals surface area contributed by atoms with E-state index < -0.39 is 5.97 Å². The standard InChI is InChI=1S/C12H8N2O2S/c15-12(16)7-3-1-4-8-10(7)11(14-13-8)9-5-2-6-17-9/h1-6H,(H,13,14)(H,15,16). The lowest BCUT2D eigenvalue weighted by Crippen LogP contribution is -1.96. The molecule has 0 spiro atoms. The monoisotopic (exact) mass is 244 g/mol. The third kappa shape index (κ3) is 1.52. The lowest BCUT2D eigenvalue weighted by Gasteiger charge is -1.98. The van der Waals surface area contributed by atoms with Crippen molar-refractivity contribution in [3.63, 3.8) is 0 Å². The Morgan fingerprint density at radius 3 is 2.88 bits per heavy atom. The molecule has 2 aromatic heterocycles. The number of carboxylic acid groups (broad SMARTS) is 1. The molecule has 3 rings (SSSR count). The fraction of sp³-hybridized carbons (Fsp3) is 0. The minimum Gasteiger partial charge on any atom is -0.478 e. The largest absolute Gasteiger partial charge is 0.478 e. The molecule has 0 saturated carbocycles. The molecule has 5 heteroatoms. The molecule has 84 valence electrons. The maximum absolute atomic E-state index is 11.2. The summed E-state index contributed by atoms with van der Waals surface area (Å²) in [5.74, 6) is -0.935. The second-order valence-corrected chi connectivity index (χ2v) is 4.53. The van der Waals surface area contributed by atoms with Crippen molar-refractivity contribution in [3.05, 3.63) is 41.3 Å². The summed E-state index contributed by atoms with van der Waals surface area (Å²) in [6, 6.07) is 8.98. The Morgan fingerprint density at radius 2 is 2.18 bits per heavy atom. The number of carboxylic acids is 1. The predicted octanol–water partition coefficient (Wildman–Crippen LogP) is 2.99. The van der Waals surface area contributed by atoms with Gasteiger partial charge in [0.2, 0.25) is 0 Å². The maximum Gasteiger partial charge on any atom is 0.336 e. The fourth-order valence-electron chi connectivity index (χ4n) is 1.84. The van der Waals surface area contributed by atoms with Gasteiger partial charge in [-0.3, -0.25) is 5.10 Å². The van der Waals surface area contributed by atoms with Crippen LogP contribution in [0.4, 0.5) is 0 Å². The first-order valence-electron chi connectivity index (χ1n) is 5.01. The molecule has 1 aromatic carbocycles. The molecule has 17 heavy (non-hydrogen) atoms. The highest BCUT2D eigenvalue weighted by Gasteiger charge is 2.16.